The summed E-state index contributed by atoms with van der Waals surface area (Å²) in [5.41, 5.74) is 0. The van der Waals surface area contributed by atoms with Crippen molar-refractivity contribution in [1.82, 2.24) is 18.9 Å². The number of methoxy groups -OCH3 is 1. The lowest BCUT2D eigenvalue weighted by atomic mass is 10.1. The van der Waals surface area contributed by atoms with E-state index in [-0.39, 0.29) is 17.0 Å². The number of hydrogen-bond donors (Lipinski definition) is 1. The quantitative estimate of drug-likeness (QED) is 0.549. The Labute approximate surface area is 209 Å². The van der Waals surface area contributed by atoms with Crippen LogP contribution in [-0.2, 0) is 21.4 Å². The second-order valence-corrected chi connectivity index (χ2v) is 11.0. The van der Waals surface area contributed by atoms with Gasteiger partial charge in [0.25, 0.3) is 0 Å². The topological polar surface area (TPSA) is 134 Å². The van der Waals surface area contributed by atoms with Gasteiger partial charge in [0.1, 0.15) is 11.8 Å². The van der Waals surface area contributed by atoms with Crippen LogP contribution in [0.4, 0.5) is 13.2 Å². The number of rotatable bonds is 7. The van der Waals surface area contributed by atoms with Crippen LogP contribution in [0, 0.1) is 11.3 Å². The van der Waals surface area contributed by atoms with Gasteiger partial charge in [-0.2, -0.15) is 22.7 Å². The maximum absolute atomic E-state index is 12.8. The highest BCUT2D eigenvalue weighted by Gasteiger charge is 2.38. The molecule has 2 aromatic rings. The predicted molar refractivity (Wildman–Crippen MR) is 122 cm³/mol. The van der Waals surface area contributed by atoms with E-state index in [2.05, 4.69) is 11.0 Å². The maximum atomic E-state index is 12.8. The van der Waals surface area contributed by atoms with Crippen LogP contribution < -0.4 is 4.74 Å². The Bertz CT molecular complexity index is 1140. The highest BCUT2D eigenvalue weighted by molar-refractivity contribution is 7.99. The molecule has 2 saturated heterocycles. The fourth-order valence-corrected chi connectivity index (χ4v) is 6.33. The van der Waals surface area contributed by atoms with Crippen molar-refractivity contribution in [3.63, 3.8) is 0 Å². The number of nitrogens with zero attached hydrogens (tertiary/aromatic N) is 5. The zero-order chi connectivity index (χ0) is 26.5. The summed E-state index contributed by atoms with van der Waals surface area (Å²) >= 11 is 1.78. The summed E-state index contributed by atoms with van der Waals surface area (Å²) in [6.45, 7) is 2.42. The van der Waals surface area contributed by atoms with E-state index in [4.69, 9.17) is 24.5 Å². The van der Waals surface area contributed by atoms with E-state index in [0.29, 0.717) is 38.2 Å². The number of ether oxygens (including phenoxy) is 1. The first-order valence-corrected chi connectivity index (χ1v) is 13.5. The smallest absolute Gasteiger partial charge is 0.490 e. The van der Waals surface area contributed by atoms with Crippen LogP contribution in [0.15, 0.2) is 33.8 Å². The highest BCUT2D eigenvalue weighted by atomic mass is 32.2. The third-order valence-corrected chi connectivity index (χ3v) is 8.73. The number of aromatic nitrogens is 2. The van der Waals surface area contributed by atoms with E-state index in [9.17, 15) is 21.6 Å². The average Bonchev–Trinajstić information content (AvgIpc) is 3.49. The van der Waals surface area contributed by atoms with Crippen molar-refractivity contribution in [2.75, 3.05) is 38.4 Å². The van der Waals surface area contributed by atoms with Crippen LogP contribution >= 0.6 is 11.8 Å². The number of hydrogen-bond acceptors (Lipinski definition) is 8. The fourth-order valence-electron chi connectivity index (χ4n) is 3.70. The number of carboxylic acid groups (broad SMARTS) is 1. The van der Waals surface area contributed by atoms with E-state index in [1.54, 1.807) is 43.1 Å². The molecule has 0 radical (unpaired) electrons. The summed E-state index contributed by atoms with van der Waals surface area (Å²) in [5.74, 6) is -0.377. The number of nitriles is 1. The van der Waals surface area contributed by atoms with Gasteiger partial charge in [0.15, 0.2) is 0 Å². The predicted octanol–water partition coefficient (Wildman–Crippen LogP) is 2.45. The Morgan fingerprint density at radius 3 is 2.39 bits per heavy atom. The first-order chi connectivity index (χ1) is 17.0. The molecule has 11 nitrogen and oxygen atoms in total. The molecule has 4 rings (SSSR count). The molecule has 16 heteroatoms. The van der Waals surface area contributed by atoms with Crippen LogP contribution in [-0.4, -0.2) is 89.0 Å². The number of piperidine rings is 1. The molecule has 2 fully saturated rings. The molecular weight excluding hydrogens is 527 g/mol. The van der Waals surface area contributed by atoms with Crippen LogP contribution in [0.1, 0.15) is 18.9 Å². The molecule has 0 saturated carbocycles. The number of benzene rings is 1. The number of alkyl halides is 3. The first-order valence-electron chi connectivity index (χ1n) is 10.9. The second-order valence-electron chi connectivity index (χ2n) is 8.03. The molecule has 1 N–H and O–H groups in total. The zero-order valence-corrected chi connectivity index (χ0v) is 20.9. The average molecular weight is 554 g/mol. The lowest BCUT2D eigenvalue weighted by Crippen LogP contribution is -2.38. The molecule has 2 aliphatic heterocycles. The number of carbonyl (C=O) groups is 1. The van der Waals surface area contributed by atoms with E-state index in [1.165, 1.54) is 4.31 Å². The van der Waals surface area contributed by atoms with Crippen molar-refractivity contribution in [3.8, 4) is 11.8 Å². The number of aliphatic carboxylic acids is 1. The van der Waals surface area contributed by atoms with Gasteiger partial charge < -0.3 is 9.84 Å². The Hall–Kier alpha value is -2.61. The van der Waals surface area contributed by atoms with Gasteiger partial charge in [-0.25, -0.2) is 13.2 Å². The molecule has 200 valence electrons. The summed E-state index contributed by atoms with van der Waals surface area (Å²) in [5, 5.41) is 16.3. The van der Waals surface area contributed by atoms with Crippen molar-refractivity contribution in [2.24, 2.45) is 0 Å². The maximum Gasteiger partial charge on any atom is 0.490 e. The standard InChI is InChI=1S/C18H25N5O4S2.C2HF3O2/c1-26-17-2-4-18(5-3-17)29(24,25)21-8-6-15(7-9-21)23-22(27-23)11-10-20-14-28-13-16(20)12-19;3-2(4,5)1(6)7/h2-5,15-16H,6-11,13-14H2,1H3;(H,6,7). The van der Waals surface area contributed by atoms with Crippen LogP contribution in [0.3, 0.4) is 0 Å². The summed E-state index contributed by atoms with van der Waals surface area (Å²) in [4.78, 5) is 15.0. The lowest BCUT2D eigenvalue weighted by molar-refractivity contribution is -0.192. The van der Waals surface area contributed by atoms with Crippen LogP contribution in [0.25, 0.3) is 0 Å². The Morgan fingerprint density at radius 2 is 1.86 bits per heavy atom. The first kappa shape index (κ1) is 28.0. The van der Waals surface area contributed by atoms with Crippen LogP contribution in [0.2, 0.25) is 0 Å². The lowest BCUT2D eigenvalue weighted by Gasteiger charge is -2.29. The molecule has 3 heterocycles. The molecule has 1 atom stereocenters. The molecule has 36 heavy (non-hydrogen) atoms. The van der Waals surface area contributed by atoms with E-state index in [1.807, 2.05) is 9.71 Å². The SMILES string of the molecule is COc1ccc(S(=O)(=O)N2CCC(n3on3CCN3CSCC3C#N)CC2)cc1.O=C(O)C(F)(F)F. The van der Waals surface area contributed by atoms with Gasteiger partial charge in [-0.05, 0) is 37.1 Å². The van der Waals surface area contributed by atoms with Crippen molar-refractivity contribution in [1.29, 1.82) is 5.26 Å². The number of sulfonamides is 1. The van der Waals surface area contributed by atoms with Crippen molar-refractivity contribution in [3.05, 3.63) is 24.3 Å². The molecule has 0 amide bonds. The Balaban J connectivity index is 0.000000454. The molecule has 0 aliphatic carbocycles. The van der Waals surface area contributed by atoms with Crippen LogP contribution in [0.5, 0.6) is 5.75 Å². The van der Waals surface area contributed by atoms with Gasteiger partial charge in [-0.1, -0.05) is 9.71 Å². The Morgan fingerprint density at radius 1 is 1.25 bits per heavy atom. The van der Waals surface area contributed by atoms with Gasteiger partial charge in [-0.15, -0.1) is 11.8 Å². The molecule has 0 bridgehead atoms. The molecule has 1 aromatic carbocycles. The minimum Gasteiger partial charge on any atom is -0.497 e. The minimum atomic E-state index is -5.08. The largest absolute Gasteiger partial charge is 0.497 e. The van der Waals surface area contributed by atoms with E-state index < -0.39 is 22.2 Å². The van der Waals surface area contributed by atoms with Gasteiger partial charge >= 0.3 is 12.1 Å². The third-order valence-electron chi connectivity index (χ3n) is 5.75. The van der Waals surface area contributed by atoms with Crippen molar-refractivity contribution >= 4 is 27.8 Å². The number of carboxylic acids is 1. The highest BCUT2D eigenvalue weighted by Crippen LogP contribution is 2.29. The normalized spacial score (nSPS) is 20.0. The summed E-state index contributed by atoms with van der Waals surface area (Å²) in [6.07, 6.45) is -3.65. The molecule has 2 aliphatic rings. The molecular formula is C20H26F3N5O6S2. The summed E-state index contributed by atoms with van der Waals surface area (Å²) in [6, 6.07) is 8.99. The number of thioether (sulfide) groups is 1. The second kappa shape index (κ2) is 11.6. The molecule has 1 aromatic heterocycles. The van der Waals surface area contributed by atoms with E-state index >= 15 is 0 Å². The van der Waals surface area contributed by atoms with E-state index in [0.717, 1.165) is 18.2 Å². The Kier molecular flexibility index (Phi) is 9.03. The zero-order valence-electron chi connectivity index (χ0n) is 19.3. The summed E-state index contributed by atoms with van der Waals surface area (Å²) < 4.78 is 69.7. The molecule has 1 unspecified atom stereocenters. The monoisotopic (exact) mass is 553 g/mol. The number of halogens is 3. The summed E-state index contributed by atoms with van der Waals surface area (Å²) in [7, 11) is -1.94. The third kappa shape index (κ3) is 6.99. The van der Waals surface area contributed by atoms with Gasteiger partial charge in [0.2, 0.25) is 10.0 Å². The van der Waals surface area contributed by atoms with Gasteiger partial charge in [0.05, 0.1) is 30.7 Å². The minimum absolute atomic E-state index is 0.0141. The fraction of sp³-hybridized carbons (Fsp3) is 0.600. The van der Waals surface area contributed by atoms with Gasteiger partial charge in [0, 0.05) is 31.3 Å². The van der Waals surface area contributed by atoms with Gasteiger partial charge in [-0.3, -0.25) is 9.53 Å². The molecule has 0 spiro atoms. The van der Waals surface area contributed by atoms with Crippen molar-refractivity contribution in [2.45, 2.75) is 42.5 Å². The van der Waals surface area contributed by atoms with Crippen molar-refractivity contribution < 1.29 is 40.9 Å².